The van der Waals surface area contributed by atoms with E-state index in [-0.39, 0.29) is 11.5 Å². The molecule has 6 aliphatic rings. The van der Waals surface area contributed by atoms with E-state index in [9.17, 15) is 4.79 Å². The number of likely N-dealkylation sites (tertiary alicyclic amines) is 1. The number of fused-ring (bicyclic) bond motifs is 6. The number of epoxide rings is 1. The summed E-state index contributed by atoms with van der Waals surface area (Å²) in [4.78, 5) is 16.2. The lowest BCUT2D eigenvalue weighted by atomic mass is 9.45. The molecular formula is C24H37NO2. The van der Waals surface area contributed by atoms with Crippen molar-refractivity contribution in [3.63, 3.8) is 0 Å². The minimum Gasteiger partial charge on any atom is -0.370 e. The number of carbonyl (C=O) groups excluding carboxylic acids is 1. The van der Waals surface area contributed by atoms with Crippen LogP contribution in [0.5, 0.6) is 0 Å². The third-order valence-corrected chi connectivity index (χ3v) is 10.5. The van der Waals surface area contributed by atoms with Gasteiger partial charge in [0.2, 0.25) is 0 Å². The molecule has 3 nitrogen and oxygen atoms in total. The van der Waals surface area contributed by atoms with Crippen LogP contribution in [0.25, 0.3) is 0 Å². The third-order valence-electron chi connectivity index (χ3n) is 10.5. The van der Waals surface area contributed by atoms with Gasteiger partial charge in [0.25, 0.3) is 0 Å². The molecule has 0 bridgehead atoms. The van der Waals surface area contributed by atoms with Crippen molar-refractivity contribution in [1.29, 1.82) is 0 Å². The van der Waals surface area contributed by atoms with Gasteiger partial charge < -0.3 is 4.74 Å². The van der Waals surface area contributed by atoms with Crippen molar-refractivity contribution in [2.75, 3.05) is 13.1 Å². The molecule has 150 valence electrons. The molecule has 0 N–H and O–H groups in total. The molecule has 0 radical (unpaired) electrons. The van der Waals surface area contributed by atoms with E-state index < -0.39 is 0 Å². The van der Waals surface area contributed by atoms with Gasteiger partial charge in [0.05, 0.1) is 18.2 Å². The predicted octanol–water partition coefficient (Wildman–Crippen LogP) is 4.44. The summed E-state index contributed by atoms with van der Waals surface area (Å²) in [5.74, 6) is 3.77. The van der Waals surface area contributed by atoms with Gasteiger partial charge in [-0.3, -0.25) is 9.69 Å². The molecule has 0 aromatic carbocycles. The molecule has 2 unspecified atom stereocenters. The zero-order valence-electron chi connectivity index (χ0n) is 17.3. The fourth-order valence-corrected chi connectivity index (χ4v) is 8.85. The molecule has 6 rings (SSSR count). The maximum absolute atomic E-state index is 13.6. The van der Waals surface area contributed by atoms with Gasteiger partial charge >= 0.3 is 0 Å². The summed E-state index contributed by atoms with van der Waals surface area (Å²) in [6, 6.07) is 0.243. The Hall–Kier alpha value is -0.410. The number of ether oxygens (including phenoxy) is 1. The fraction of sp³-hybridized carbons (Fsp3) is 0.958. The van der Waals surface area contributed by atoms with Crippen LogP contribution >= 0.6 is 0 Å². The van der Waals surface area contributed by atoms with E-state index >= 15 is 0 Å². The summed E-state index contributed by atoms with van der Waals surface area (Å²) in [5, 5.41) is 0. The lowest BCUT2D eigenvalue weighted by molar-refractivity contribution is -0.140. The Bertz CT molecular complexity index is 642. The lowest BCUT2D eigenvalue weighted by Crippen LogP contribution is -2.53. The largest absolute Gasteiger partial charge is 0.370 e. The number of hydrogen-bond acceptors (Lipinski definition) is 3. The maximum Gasteiger partial charge on any atom is 0.156 e. The molecule has 4 saturated carbocycles. The van der Waals surface area contributed by atoms with E-state index in [2.05, 4.69) is 18.7 Å². The molecule has 9 atom stereocenters. The van der Waals surface area contributed by atoms with Gasteiger partial charge in [0, 0.05) is 5.41 Å². The van der Waals surface area contributed by atoms with Crippen molar-refractivity contribution in [2.45, 2.75) is 96.3 Å². The van der Waals surface area contributed by atoms with Crippen molar-refractivity contribution in [3.8, 4) is 0 Å². The van der Waals surface area contributed by atoms with Crippen molar-refractivity contribution >= 4 is 5.78 Å². The molecule has 6 fully saturated rings. The second-order valence-electron chi connectivity index (χ2n) is 11.5. The Balaban J connectivity index is 1.28. The highest BCUT2D eigenvalue weighted by Crippen LogP contribution is 2.67. The molecule has 0 aromatic rings. The molecule has 2 saturated heterocycles. The average Bonchev–Trinajstić information content (AvgIpc) is 3.36. The topological polar surface area (TPSA) is 32.8 Å². The second kappa shape index (κ2) is 5.81. The van der Waals surface area contributed by atoms with Crippen LogP contribution in [0.15, 0.2) is 0 Å². The molecule has 0 amide bonds. The first-order valence-electron chi connectivity index (χ1n) is 11.9. The summed E-state index contributed by atoms with van der Waals surface area (Å²) in [6.45, 7) is 7.28. The Labute approximate surface area is 164 Å². The van der Waals surface area contributed by atoms with Gasteiger partial charge in [0.1, 0.15) is 0 Å². The van der Waals surface area contributed by atoms with Crippen molar-refractivity contribution < 1.29 is 9.53 Å². The molecular weight excluding hydrogens is 334 g/mol. The van der Waals surface area contributed by atoms with E-state index in [1.165, 1.54) is 57.8 Å². The first-order valence-corrected chi connectivity index (χ1v) is 11.9. The quantitative estimate of drug-likeness (QED) is 0.639. The van der Waals surface area contributed by atoms with Crippen molar-refractivity contribution in [3.05, 3.63) is 0 Å². The van der Waals surface area contributed by atoms with Crippen LogP contribution in [-0.2, 0) is 9.53 Å². The van der Waals surface area contributed by atoms with E-state index in [1.807, 2.05) is 0 Å². The van der Waals surface area contributed by atoms with E-state index in [1.54, 1.807) is 0 Å². The summed E-state index contributed by atoms with van der Waals surface area (Å²) >= 11 is 0. The first-order chi connectivity index (χ1) is 13.0. The van der Waals surface area contributed by atoms with Crippen LogP contribution in [0.1, 0.15) is 78.1 Å². The highest BCUT2D eigenvalue weighted by molar-refractivity contribution is 5.92. The average molecular weight is 372 g/mol. The maximum atomic E-state index is 13.6. The molecule has 0 aromatic heterocycles. The minimum atomic E-state index is -0.0280. The molecule has 3 heteroatoms. The van der Waals surface area contributed by atoms with E-state index in [0.29, 0.717) is 29.3 Å². The van der Waals surface area contributed by atoms with Crippen LogP contribution in [0.3, 0.4) is 0 Å². The minimum absolute atomic E-state index is 0.0280. The summed E-state index contributed by atoms with van der Waals surface area (Å²) in [7, 11) is 0. The Kier molecular flexibility index (Phi) is 3.76. The van der Waals surface area contributed by atoms with Crippen molar-refractivity contribution in [2.24, 2.45) is 34.5 Å². The molecule has 2 heterocycles. The number of hydrogen-bond donors (Lipinski definition) is 0. The molecule has 4 aliphatic carbocycles. The Morgan fingerprint density at radius 3 is 2.59 bits per heavy atom. The number of rotatable bonds is 1. The zero-order valence-corrected chi connectivity index (χ0v) is 17.3. The van der Waals surface area contributed by atoms with Crippen LogP contribution in [0.4, 0.5) is 0 Å². The number of carbonyl (C=O) groups is 1. The highest BCUT2D eigenvalue weighted by Gasteiger charge is 2.65. The first kappa shape index (κ1) is 17.4. The number of Topliss-reactive ketones (excluding diaryl/α,β-unsaturated/α-hetero) is 1. The van der Waals surface area contributed by atoms with Gasteiger partial charge in [-0.1, -0.05) is 20.3 Å². The molecule has 27 heavy (non-hydrogen) atoms. The van der Waals surface area contributed by atoms with Gasteiger partial charge in [-0.2, -0.15) is 0 Å². The summed E-state index contributed by atoms with van der Waals surface area (Å²) in [6.07, 6.45) is 14.1. The summed E-state index contributed by atoms with van der Waals surface area (Å²) < 4.78 is 5.97. The monoisotopic (exact) mass is 371 g/mol. The Morgan fingerprint density at radius 2 is 1.78 bits per heavy atom. The normalized spacial score (nSPS) is 57.4. The smallest absolute Gasteiger partial charge is 0.156 e. The molecule has 2 aliphatic heterocycles. The van der Waals surface area contributed by atoms with E-state index in [0.717, 1.165) is 37.3 Å². The Morgan fingerprint density at radius 1 is 0.963 bits per heavy atom. The van der Waals surface area contributed by atoms with Crippen LogP contribution in [0.2, 0.25) is 0 Å². The van der Waals surface area contributed by atoms with Crippen LogP contribution in [0, 0.1) is 34.5 Å². The number of nitrogens with zero attached hydrogens (tertiary/aromatic N) is 1. The lowest BCUT2D eigenvalue weighted by Gasteiger charge is -2.58. The predicted molar refractivity (Wildman–Crippen MR) is 105 cm³/mol. The van der Waals surface area contributed by atoms with Crippen LogP contribution < -0.4 is 0 Å². The van der Waals surface area contributed by atoms with Gasteiger partial charge in [0.15, 0.2) is 5.78 Å². The third kappa shape index (κ3) is 2.37. The van der Waals surface area contributed by atoms with E-state index in [4.69, 9.17) is 4.74 Å². The van der Waals surface area contributed by atoms with Gasteiger partial charge in [-0.15, -0.1) is 0 Å². The second-order valence-corrected chi connectivity index (χ2v) is 11.5. The fourth-order valence-electron chi connectivity index (χ4n) is 8.85. The number of ketones is 1. The van der Waals surface area contributed by atoms with Crippen molar-refractivity contribution in [1.82, 2.24) is 4.90 Å². The highest BCUT2D eigenvalue weighted by atomic mass is 16.6. The summed E-state index contributed by atoms with van der Waals surface area (Å²) in [5.41, 5.74) is 0.452. The standard InChI is InChI=1S/C24H37NO2/c1-23-9-8-17-16(7-6-15-12-20-21(27-20)14-24(15,17)2)18(23)13-19(22(23)26)25-10-4-3-5-11-25/h15-21H,3-14H2,1-2H3/t15-,16?,17?,18-,19-,20-,21+,23-,24-/m0/s1. The van der Waals surface area contributed by atoms with Gasteiger partial charge in [-0.25, -0.2) is 0 Å². The number of piperidine rings is 1. The van der Waals surface area contributed by atoms with Gasteiger partial charge in [-0.05, 0) is 100.0 Å². The molecule has 0 spiro atoms. The SMILES string of the molecule is C[C@]12CCC3C(CC[C@H]4C[C@@H]5O[C@@H]5C[C@]34C)[C@@H]1C[C@H](N1CCCCC1)C2=O. The zero-order chi connectivity index (χ0) is 18.4. The van der Waals surface area contributed by atoms with Crippen LogP contribution in [-0.4, -0.2) is 42.0 Å².